The van der Waals surface area contributed by atoms with Crippen molar-refractivity contribution in [1.29, 1.82) is 0 Å². The molecule has 0 amide bonds. The number of guanidine groups is 1. The van der Waals surface area contributed by atoms with Crippen LogP contribution in [0.25, 0.3) is 0 Å². The van der Waals surface area contributed by atoms with Crippen LogP contribution in [0.1, 0.15) is 41.1 Å². The smallest absolute Gasteiger partial charge is 0.216 e. The number of aliphatic imine (C=N–C) groups is 2. The normalized spacial score (nSPS) is 20.8. The SMILES string of the molecule is C=CCC1=NC(CC=C)N(N)C(NCCN2CCN(C3c4ccccc4CCc4ccccc43)CC2)=N1. The molecule has 2 aliphatic heterocycles. The molecule has 1 aliphatic carbocycles. The quantitative estimate of drug-likeness (QED) is 0.431. The van der Waals surface area contributed by atoms with Gasteiger partial charge < -0.3 is 5.32 Å². The Kier molecular flexibility index (Phi) is 8.14. The van der Waals surface area contributed by atoms with Crippen molar-refractivity contribution >= 4 is 11.8 Å². The summed E-state index contributed by atoms with van der Waals surface area (Å²) in [5, 5.41) is 5.07. The number of amidine groups is 1. The van der Waals surface area contributed by atoms with Crippen LogP contribution in [0.4, 0.5) is 0 Å². The molecule has 37 heavy (non-hydrogen) atoms. The molecule has 1 unspecified atom stereocenters. The number of benzene rings is 2. The molecule has 1 atom stereocenters. The predicted octanol–water partition coefficient (Wildman–Crippen LogP) is 3.50. The highest BCUT2D eigenvalue weighted by molar-refractivity contribution is 5.98. The molecule has 0 radical (unpaired) electrons. The molecule has 7 heteroatoms. The van der Waals surface area contributed by atoms with Gasteiger partial charge in [0.05, 0.1) is 6.04 Å². The molecule has 1 fully saturated rings. The number of nitrogens with one attached hydrogen (secondary N) is 1. The van der Waals surface area contributed by atoms with E-state index in [1.807, 2.05) is 12.2 Å². The molecule has 0 bridgehead atoms. The second-order valence-corrected chi connectivity index (χ2v) is 9.99. The van der Waals surface area contributed by atoms with Crippen molar-refractivity contribution in [3.05, 3.63) is 96.1 Å². The summed E-state index contributed by atoms with van der Waals surface area (Å²) in [4.78, 5) is 14.4. The number of hydrogen-bond donors (Lipinski definition) is 2. The molecule has 2 aromatic rings. The second kappa shape index (κ2) is 11.9. The monoisotopic (exact) mass is 497 g/mol. The van der Waals surface area contributed by atoms with Gasteiger partial charge in [0.1, 0.15) is 12.0 Å². The maximum absolute atomic E-state index is 6.32. The van der Waals surface area contributed by atoms with Gasteiger partial charge in [0.15, 0.2) is 0 Å². The van der Waals surface area contributed by atoms with E-state index in [0.29, 0.717) is 24.8 Å². The lowest BCUT2D eigenvalue weighted by molar-refractivity contribution is 0.110. The Balaban J connectivity index is 1.20. The molecular formula is C30H39N7. The zero-order valence-corrected chi connectivity index (χ0v) is 21.7. The van der Waals surface area contributed by atoms with Gasteiger partial charge in [-0.3, -0.25) is 14.8 Å². The van der Waals surface area contributed by atoms with Crippen LogP contribution in [0.15, 0.2) is 83.8 Å². The number of nitrogens with zero attached hydrogens (tertiary/aromatic N) is 5. The Morgan fingerprint density at radius 1 is 0.919 bits per heavy atom. The first kappa shape index (κ1) is 25.4. The van der Waals surface area contributed by atoms with Gasteiger partial charge in [-0.1, -0.05) is 60.7 Å². The third-order valence-electron chi connectivity index (χ3n) is 7.65. The van der Waals surface area contributed by atoms with Crippen LogP contribution in [-0.2, 0) is 12.8 Å². The summed E-state index contributed by atoms with van der Waals surface area (Å²) >= 11 is 0. The molecule has 194 valence electrons. The fourth-order valence-electron chi connectivity index (χ4n) is 5.72. The highest BCUT2D eigenvalue weighted by Gasteiger charge is 2.31. The second-order valence-electron chi connectivity index (χ2n) is 9.99. The van der Waals surface area contributed by atoms with Crippen molar-refractivity contribution in [2.24, 2.45) is 15.8 Å². The van der Waals surface area contributed by atoms with Crippen molar-refractivity contribution < 1.29 is 0 Å². The fraction of sp³-hybridized carbons (Fsp3) is 0.400. The Morgan fingerprint density at radius 2 is 1.57 bits per heavy atom. The molecule has 7 nitrogen and oxygen atoms in total. The van der Waals surface area contributed by atoms with Crippen LogP contribution in [-0.4, -0.2) is 72.0 Å². The first-order chi connectivity index (χ1) is 18.2. The highest BCUT2D eigenvalue weighted by Crippen LogP contribution is 2.37. The summed E-state index contributed by atoms with van der Waals surface area (Å²) in [6, 6.07) is 18.4. The van der Waals surface area contributed by atoms with Crippen LogP contribution in [0.3, 0.4) is 0 Å². The molecule has 0 saturated carbocycles. The van der Waals surface area contributed by atoms with Crippen molar-refractivity contribution in [3.63, 3.8) is 0 Å². The van der Waals surface area contributed by atoms with E-state index >= 15 is 0 Å². The average Bonchev–Trinajstić information content (AvgIpc) is 3.09. The number of hydrogen-bond acceptors (Lipinski definition) is 7. The third-order valence-corrected chi connectivity index (χ3v) is 7.65. The minimum absolute atomic E-state index is 0.179. The highest BCUT2D eigenvalue weighted by atomic mass is 15.5. The van der Waals surface area contributed by atoms with Crippen molar-refractivity contribution in [2.45, 2.75) is 37.9 Å². The largest absolute Gasteiger partial charge is 0.353 e. The average molecular weight is 498 g/mol. The number of piperazine rings is 1. The van der Waals surface area contributed by atoms with E-state index < -0.39 is 0 Å². The lowest BCUT2D eigenvalue weighted by Crippen LogP contribution is -2.55. The predicted molar refractivity (Wildman–Crippen MR) is 152 cm³/mol. The van der Waals surface area contributed by atoms with Crippen LogP contribution < -0.4 is 11.2 Å². The van der Waals surface area contributed by atoms with Gasteiger partial charge in [0, 0.05) is 52.1 Å². The maximum Gasteiger partial charge on any atom is 0.216 e. The van der Waals surface area contributed by atoms with E-state index in [1.165, 1.54) is 22.3 Å². The van der Waals surface area contributed by atoms with Crippen LogP contribution in [0.5, 0.6) is 0 Å². The molecule has 2 heterocycles. The topological polar surface area (TPSA) is 72.5 Å². The fourth-order valence-corrected chi connectivity index (χ4v) is 5.72. The minimum atomic E-state index is -0.179. The molecule has 2 aromatic carbocycles. The molecule has 0 aromatic heterocycles. The van der Waals surface area contributed by atoms with Gasteiger partial charge in [-0.05, 0) is 35.1 Å². The van der Waals surface area contributed by atoms with Crippen molar-refractivity contribution in [3.8, 4) is 0 Å². The Bertz CT molecular complexity index is 1110. The summed E-state index contributed by atoms with van der Waals surface area (Å²) in [7, 11) is 0. The van der Waals surface area contributed by atoms with Gasteiger partial charge in [-0.25, -0.2) is 10.8 Å². The summed E-state index contributed by atoms with van der Waals surface area (Å²) < 4.78 is 0. The molecular weight excluding hydrogens is 458 g/mol. The van der Waals surface area contributed by atoms with Gasteiger partial charge in [0.25, 0.3) is 0 Å². The first-order valence-corrected chi connectivity index (χ1v) is 13.4. The van der Waals surface area contributed by atoms with Gasteiger partial charge >= 0.3 is 0 Å². The Labute approximate surface area is 221 Å². The van der Waals surface area contributed by atoms with Crippen LogP contribution in [0, 0.1) is 0 Å². The minimum Gasteiger partial charge on any atom is -0.353 e. The van der Waals surface area contributed by atoms with Crippen LogP contribution in [0.2, 0.25) is 0 Å². The Morgan fingerprint density at radius 3 is 2.19 bits per heavy atom. The van der Waals surface area contributed by atoms with E-state index in [1.54, 1.807) is 5.01 Å². The molecule has 3 N–H and O–H groups in total. The number of hydrazine groups is 1. The zero-order chi connectivity index (χ0) is 25.6. The summed E-state index contributed by atoms with van der Waals surface area (Å²) in [5.74, 6) is 7.74. The zero-order valence-electron chi connectivity index (χ0n) is 21.7. The third kappa shape index (κ3) is 5.69. The van der Waals surface area contributed by atoms with Crippen molar-refractivity contribution in [2.75, 3.05) is 39.3 Å². The number of rotatable bonds is 8. The van der Waals surface area contributed by atoms with E-state index in [-0.39, 0.29) is 6.17 Å². The molecule has 0 spiro atoms. The summed E-state index contributed by atoms with van der Waals surface area (Å²) in [6.07, 6.45) is 7.01. The van der Waals surface area contributed by atoms with Gasteiger partial charge in [-0.2, -0.15) is 4.99 Å². The van der Waals surface area contributed by atoms with E-state index in [0.717, 1.165) is 57.9 Å². The van der Waals surface area contributed by atoms with Gasteiger partial charge in [-0.15, -0.1) is 13.2 Å². The first-order valence-electron chi connectivity index (χ1n) is 13.4. The molecule has 1 saturated heterocycles. The van der Waals surface area contributed by atoms with Crippen molar-refractivity contribution in [1.82, 2.24) is 20.1 Å². The standard InChI is InChI=1S/C30H39N7/c1-3-9-27-33-28(10-4-2)37(31)30(34-27)32-17-18-35-19-21-36(22-20-35)29-25-13-7-5-11-23(25)15-16-24-12-6-8-14-26(24)29/h3-8,11-14,28-29H,1-2,9-10,15-22,31H2,(H,32,33,34). The lowest BCUT2D eigenvalue weighted by Gasteiger charge is -2.40. The number of aryl methyl sites for hydroxylation is 2. The number of fused-ring (bicyclic) bond motifs is 2. The van der Waals surface area contributed by atoms with Gasteiger partial charge in [0.2, 0.25) is 5.96 Å². The number of nitrogens with two attached hydrogens (primary N) is 1. The summed E-state index contributed by atoms with van der Waals surface area (Å²) in [6.45, 7) is 13.6. The van der Waals surface area contributed by atoms with Crippen LogP contribution >= 0.6 is 0 Å². The van der Waals surface area contributed by atoms with E-state index in [9.17, 15) is 0 Å². The summed E-state index contributed by atoms with van der Waals surface area (Å²) in [5.41, 5.74) is 5.94. The lowest BCUT2D eigenvalue weighted by atomic mass is 9.93. The maximum atomic E-state index is 6.32. The van der Waals surface area contributed by atoms with E-state index in [4.69, 9.17) is 5.84 Å². The molecule has 5 rings (SSSR count). The molecule has 3 aliphatic rings. The van der Waals surface area contributed by atoms with E-state index in [2.05, 4.69) is 86.8 Å². The Hall–Kier alpha value is -3.26.